The molecule has 9 heteroatoms. The van der Waals surface area contributed by atoms with Gasteiger partial charge in [0.1, 0.15) is 5.82 Å². The van der Waals surface area contributed by atoms with E-state index in [0.717, 1.165) is 35.8 Å². The monoisotopic (exact) mass is 453 g/mol. The third-order valence-corrected chi connectivity index (χ3v) is 5.44. The number of aromatic nitrogens is 2. The summed E-state index contributed by atoms with van der Waals surface area (Å²) in [6.45, 7) is 5.98. The van der Waals surface area contributed by atoms with Crippen molar-refractivity contribution in [3.63, 3.8) is 0 Å². The highest BCUT2D eigenvalue weighted by atomic mass is 16.5. The van der Waals surface area contributed by atoms with Crippen LogP contribution in [0.1, 0.15) is 56.5 Å². The van der Waals surface area contributed by atoms with Gasteiger partial charge in [-0.25, -0.2) is 9.78 Å². The fourth-order valence-electron chi connectivity index (χ4n) is 3.94. The number of amides is 3. The van der Waals surface area contributed by atoms with E-state index in [9.17, 15) is 14.4 Å². The predicted octanol–water partition coefficient (Wildman–Crippen LogP) is 3.02. The van der Waals surface area contributed by atoms with Gasteiger partial charge >= 0.3 is 12.0 Å². The average molecular weight is 454 g/mol. The Kier molecular flexibility index (Phi) is 8.34. The first-order valence-electron chi connectivity index (χ1n) is 11.3. The molecule has 3 amide bonds. The van der Waals surface area contributed by atoms with Gasteiger partial charge in [-0.05, 0) is 49.9 Å². The van der Waals surface area contributed by atoms with Crippen molar-refractivity contribution in [2.24, 2.45) is 0 Å². The highest BCUT2D eigenvalue weighted by Crippen LogP contribution is 2.25. The van der Waals surface area contributed by atoms with E-state index in [0.29, 0.717) is 12.0 Å². The topological polar surface area (TPSA) is 114 Å². The van der Waals surface area contributed by atoms with Gasteiger partial charge in [-0.2, -0.15) is 0 Å². The van der Waals surface area contributed by atoms with Crippen LogP contribution < -0.4 is 10.6 Å². The molecule has 9 nitrogen and oxygen atoms in total. The number of carbonyl (C=O) groups excluding carboxylic acids is 3. The number of nitrogens with one attached hydrogen (secondary N) is 2. The predicted molar refractivity (Wildman–Crippen MR) is 123 cm³/mol. The van der Waals surface area contributed by atoms with E-state index in [1.54, 1.807) is 31.5 Å². The van der Waals surface area contributed by atoms with Crippen molar-refractivity contribution in [3.05, 3.63) is 53.5 Å². The molecule has 0 saturated carbocycles. The summed E-state index contributed by atoms with van der Waals surface area (Å²) in [6.07, 6.45) is 5.57. The Labute approximate surface area is 193 Å². The van der Waals surface area contributed by atoms with E-state index in [4.69, 9.17) is 4.74 Å². The lowest BCUT2D eigenvalue weighted by Crippen LogP contribution is -2.48. The van der Waals surface area contributed by atoms with E-state index in [1.165, 1.54) is 12.5 Å². The summed E-state index contributed by atoms with van der Waals surface area (Å²) in [5.74, 6) is -0.0770. The lowest BCUT2D eigenvalue weighted by molar-refractivity contribution is -0.145. The van der Waals surface area contributed by atoms with Crippen molar-refractivity contribution >= 4 is 23.7 Å². The van der Waals surface area contributed by atoms with E-state index in [-0.39, 0.29) is 19.1 Å². The van der Waals surface area contributed by atoms with Crippen LogP contribution in [-0.2, 0) is 27.2 Å². The van der Waals surface area contributed by atoms with Gasteiger partial charge in [-0.15, -0.1) is 0 Å². The van der Waals surface area contributed by atoms with Crippen LogP contribution in [0.4, 0.5) is 10.6 Å². The van der Waals surface area contributed by atoms with Crippen LogP contribution in [0.25, 0.3) is 0 Å². The minimum absolute atomic E-state index is 0.154. The normalized spacial score (nSPS) is 14.3. The Balaban J connectivity index is 1.74. The fourth-order valence-corrected chi connectivity index (χ4v) is 3.94. The van der Waals surface area contributed by atoms with Gasteiger partial charge in [0.2, 0.25) is 5.91 Å². The molecule has 176 valence electrons. The molecule has 1 unspecified atom stereocenters. The number of aryl methyl sites for hydroxylation is 1. The van der Waals surface area contributed by atoms with Crippen molar-refractivity contribution in [1.82, 2.24) is 20.2 Å². The van der Waals surface area contributed by atoms with Crippen LogP contribution in [-0.4, -0.2) is 52.0 Å². The van der Waals surface area contributed by atoms with Crippen molar-refractivity contribution < 1.29 is 19.1 Å². The number of esters is 1. The van der Waals surface area contributed by atoms with Crippen LogP contribution in [0, 0.1) is 0 Å². The number of nitrogens with zero attached hydrogens (tertiary/aromatic N) is 3. The number of carbonyl (C=O) groups is 3. The van der Waals surface area contributed by atoms with E-state index >= 15 is 0 Å². The van der Waals surface area contributed by atoms with Gasteiger partial charge in [0.05, 0.1) is 19.1 Å². The van der Waals surface area contributed by atoms with E-state index < -0.39 is 23.9 Å². The quantitative estimate of drug-likeness (QED) is 0.591. The maximum Gasteiger partial charge on any atom is 0.324 e. The van der Waals surface area contributed by atoms with Gasteiger partial charge < -0.3 is 15.4 Å². The third kappa shape index (κ3) is 6.50. The molecule has 0 aromatic carbocycles. The molecule has 2 aromatic heterocycles. The Morgan fingerprint density at radius 3 is 2.79 bits per heavy atom. The maximum absolute atomic E-state index is 13.2. The molecule has 0 fully saturated rings. The number of hydrogen-bond donors (Lipinski definition) is 2. The molecule has 2 N–H and O–H groups in total. The molecular formula is C24H31N5O4. The smallest absolute Gasteiger partial charge is 0.324 e. The van der Waals surface area contributed by atoms with Crippen LogP contribution in [0.15, 0.2) is 36.7 Å². The summed E-state index contributed by atoms with van der Waals surface area (Å²) in [6, 6.07) is 5.77. The molecular weight excluding hydrogens is 422 g/mol. The highest BCUT2D eigenvalue weighted by Gasteiger charge is 2.32. The summed E-state index contributed by atoms with van der Waals surface area (Å²) in [5.41, 5.74) is 2.62. The highest BCUT2D eigenvalue weighted by molar-refractivity contribution is 5.94. The molecule has 0 aliphatic carbocycles. The molecule has 1 aliphatic rings. The van der Waals surface area contributed by atoms with Crippen molar-refractivity contribution in [3.8, 4) is 0 Å². The number of anilines is 1. The second-order valence-corrected chi connectivity index (χ2v) is 8.10. The number of imide groups is 1. The minimum atomic E-state index is -0.825. The molecule has 0 bridgehead atoms. The second kappa shape index (κ2) is 11.4. The summed E-state index contributed by atoms with van der Waals surface area (Å²) < 4.78 is 5.07. The number of fused-ring (bicyclic) bond motifs is 1. The van der Waals surface area contributed by atoms with Gasteiger partial charge in [0.25, 0.3) is 0 Å². The summed E-state index contributed by atoms with van der Waals surface area (Å²) in [7, 11) is 0. The number of hydrogen-bond acceptors (Lipinski definition) is 7. The van der Waals surface area contributed by atoms with Gasteiger partial charge in [-0.3, -0.25) is 19.5 Å². The van der Waals surface area contributed by atoms with Crippen LogP contribution in [0.2, 0.25) is 0 Å². The lowest BCUT2D eigenvalue weighted by Gasteiger charge is -2.30. The zero-order valence-electron chi connectivity index (χ0n) is 19.3. The minimum Gasteiger partial charge on any atom is -0.466 e. The SMILES string of the molecule is CCOC(=O)C[C@@H](c1cccnc1)N(C(C)=O)C(=O)NC(C)Cc1ccc2c(n1)NCCC2. The Morgan fingerprint density at radius 1 is 1.27 bits per heavy atom. The van der Waals surface area contributed by atoms with Crippen molar-refractivity contribution in [1.29, 1.82) is 0 Å². The Morgan fingerprint density at radius 2 is 2.09 bits per heavy atom. The summed E-state index contributed by atoms with van der Waals surface area (Å²) in [5, 5.41) is 6.19. The van der Waals surface area contributed by atoms with E-state index in [1.807, 2.05) is 13.0 Å². The summed E-state index contributed by atoms with van der Waals surface area (Å²) in [4.78, 5) is 47.7. The third-order valence-electron chi connectivity index (χ3n) is 5.44. The number of rotatable bonds is 8. The van der Waals surface area contributed by atoms with Gasteiger partial charge in [0.15, 0.2) is 0 Å². The van der Waals surface area contributed by atoms with Crippen LogP contribution in [0.3, 0.4) is 0 Å². The van der Waals surface area contributed by atoms with Crippen LogP contribution >= 0.6 is 0 Å². The lowest BCUT2D eigenvalue weighted by atomic mass is 10.0. The first-order valence-corrected chi connectivity index (χ1v) is 11.3. The van der Waals surface area contributed by atoms with Crippen LogP contribution in [0.5, 0.6) is 0 Å². The average Bonchev–Trinajstić information content (AvgIpc) is 2.79. The molecule has 3 heterocycles. The molecule has 3 rings (SSSR count). The molecule has 0 radical (unpaired) electrons. The standard InChI is InChI=1S/C24H31N5O4/c1-4-33-22(31)14-21(19-8-5-11-25-15-19)29(17(3)30)24(32)27-16(2)13-20-10-9-18-7-6-12-26-23(18)28-20/h5,8-11,15-16,21H,4,6-7,12-14H2,1-3H3,(H,26,28)(H,27,32)/t16?,21-/m0/s1. The molecule has 1 aliphatic heterocycles. The molecule has 0 saturated heterocycles. The molecule has 2 aromatic rings. The first-order chi connectivity index (χ1) is 15.9. The fraction of sp³-hybridized carbons (Fsp3) is 0.458. The number of pyridine rings is 2. The zero-order chi connectivity index (χ0) is 23.8. The Bertz CT molecular complexity index is 982. The summed E-state index contributed by atoms with van der Waals surface area (Å²) >= 11 is 0. The molecule has 33 heavy (non-hydrogen) atoms. The van der Waals surface area contributed by atoms with Crippen molar-refractivity contribution in [2.45, 2.75) is 58.5 Å². The van der Waals surface area contributed by atoms with E-state index in [2.05, 4.69) is 26.7 Å². The van der Waals surface area contributed by atoms with Gasteiger partial charge in [-0.1, -0.05) is 12.1 Å². The second-order valence-electron chi connectivity index (χ2n) is 8.10. The Hall–Kier alpha value is -3.49. The number of ether oxygens (including phenoxy) is 1. The number of urea groups is 1. The van der Waals surface area contributed by atoms with Gasteiger partial charge in [0, 0.05) is 44.0 Å². The molecule has 2 atom stereocenters. The maximum atomic E-state index is 13.2. The first kappa shape index (κ1) is 24.2. The zero-order valence-corrected chi connectivity index (χ0v) is 19.3. The molecule has 0 spiro atoms. The largest absolute Gasteiger partial charge is 0.466 e. The van der Waals surface area contributed by atoms with Crippen molar-refractivity contribution in [2.75, 3.05) is 18.5 Å².